The van der Waals surface area contributed by atoms with E-state index in [9.17, 15) is 5.11 Å². The number of halogens is 1. The van der Waals surface area contributed by atoms with Crippen LogP contribution >= 0.6 is 15.9 Å². The van der Waals surface area contributed by atoms with Crippen LogP contribution in [-0.4, -0.2) is 10.1 Å². The van der Waals surface area contributed by atoms with Gasteiger partial charge in [0.1, 0.15) is 6.10 Å². The highest BCUT2D eigenvalue weighted by atomic mass is 79.9. The number of hydrogen-bond donors (Lipinski definition) is 2. The smallest absolute Gasteiger partial charge is 0.120 e. The highest BCUT2D eigenvalue weighted by molar-refractivity contribution is 9.10. The predicted molar refractivity (Wildman–Crippen MR) is 63.7 cm³/mol. The summed E-state index contributed by atoms with van der Waals surface area (Å²) in [5.41, 5.74) is 2.82. The fourth-order valence-electron chi connectivity index (χ4n) is 1.56. The average Bonchev–Trinajstić information content (AvgIpc) is 2.74. The maximum Gasteiger partial charge on any atom is 0.120 e. The normalized spacial score (nSPS) is 12.7. The van der Waals surface area contributed by atoms with Gasteiger partial charge in [0, 0.05) is 21.9 Å². The third kappa shape index (κ3) is 1.98. The number of H-pyrrole nitrogens is 1. The van der Waals surface area contributed by atoms with Crippen LogP contribution in [0, 0.1) is 6.92 Å². The molecule has 0 bridgehead atoms. The molecule has 78 valence electrons. The standard InChI is InChI=1S/C12H12BrNO/c1-8-4-2-5-9(11(8)13)12(15)10-6-3-7-14-10/h2-7,12,14-15H,1H3. The minimum absolute atomic E-state index is 0.603. The van der Waals surface area contributed by atoms with Gasteiger partial charge >= 0.3 is 0 Å². The molecule has 15 heavy (non-hydrogen) atoms. The lowest BCUT2D eigenvalue weighted by atomic mass is 10.0. The molecule has 1 heterocycles. The van der Waals surface area contributed by atoms with Crippen molar-refractivity contribution in [2.45, 2.75) is 13.0 Å². The Morgan fingerprint density at radius 1 is 1.27 bits per heavy atom. The van der Waals surface area contributed by atoms with Crippen molar-refractivity contribution in [3.05, 3.63) is 57.8 Å². The fraction of sp³-hybridized carbons (Fsp3) is 0.167. The van der Waals surface area contributed by atoms with Gasteiger partial charge in [0.05, 0.1) is 0 Å². The van der Waals surface area contributed by atoms with Crippen molar-refractivity contribution in [2.75, 3.05) is 0 Å². The summed E-state index contributed by atoms with van der Waals surface area (Å²) < 4.78 is 0.965. The Hall–Kier alpha value is -1.06. The van der Waals surface area contributed by atoms with Crippen LogP contribution in [0.2, 0.25) is 0 Å². The Bertz CT molecular complexity index is 451. The van der Waals surface area contributed by atoms with Gasteiger partial charge in [-0.25, -0.2) is 0 Å². The molecule has 0 saturated carbocycles. The molecule has 0 fully saturated rings. The fourth-order valence-corrected chi connectivity index (χ4v) is 2.04. The van der Waals surface area contributed by atoms with Crippen molar-refractivity contribution in [1.82, 2.24) is 4.98 Å². The Kier molecular flexibility index (Phi) is 2.93. The van der Waals surface area contributed by atoms with Gasteiger partial charge < -0.3 is 10.1 Å². The Morgan fingerprint density at radius 2 is 2.07 bits per heavy atom. The molecule has 0 aliphatic carbocycles. The molecule has 0 radical (unpaired) electrons. The van der Waals surface area contributed by atoms with Crippen LogP contribution in [0.1, 0.15) is 22.9 Å². The number of aliphatic hydroxyl groups is 1. The van der Waals surface area contributed by atoms with Crippen LogP contribution < -0.4 is 0 Å². The minimum atomic E-state index is -0.603. The number of benzene rings is 1. The van der Waals surface area contributed by atoms with Crippen LogP contribution in [0.5, 0.6) is 0 Å². The lowest BCUT2D eigenvalue weighted by molar-refractivity contribution is 0.215. The summed E-state index contributed by atoms with van der Waals surface area (Å²) in [5.74, 6) is 0. The zero-order valence-electron chi connectivity index (χ0n) is 8.37. The number of aromatic nitrogens is 1. The van der Waals surface area contributed by atoms with E-state index >= 15 is 0 Å². The molecule has 1 unspecified atom stereocenters. The van der Waals surface area contributed by atoms with Crippen LogP contribution in [0.15, 0.2) is 41.0 Å². The Morgan fingerprint density at radius 3 is 2.73 bits per heavy atom. The summed E-state index contributed by atoms with van der Waals surface area (Å²) in [6.45, 7) is 2.01. The number of aryl methyl sites for hydroxylation is 1. The van der Waals surface area contributed by atoms with E-state index in [1.165, 1.54) is 0 Å². The number of hydrogen-bond acceptors (Lipinski definition) is 1. The van der Waals surface area contributed by atoms with Crippen LogP contribution in [-0.2, 0) is 0 Å². The van der Waals surface area contributed by atoms with E-state index in [1.807, 2.05) is 43.5 Å². The molecule has 0 aliphatic heterocycles. The zero-order valence-corrected chi connectivity index (χ0v) is 9.95. The molecule has 2 nitrogen and oxygen atoms in total. The minimum Gasteiger partial charge on any atom is -0.382 e. The summed E-state index contributed by atoms with van der Waals surface area (Å²) in [7, 11) is 0. The second kappa shape index (κ2) is 4.21. The SMILES string of the molecule is Cc1cccc(C(O)c2ccc[nH]2)c1Br. The van der Waals surface area contributed by atoms with Gasteiger partial charge in [0.2, 0.25) is 0 Å². The quantitative estimate of drug-likeness (QED) is 0.860. The van der Waals surface area contributed by atoms with Gasteiger partial charge in [-0.3, -0.25) is 0 Å². The lowest BCUT2D eigenvalue weighted by Gasteiger charge is -2.12. The molecule has 3 heteroatoms. The van der Waals surface area contributed by atoms with Crippen LogP contribution in [0.3, 0.4) is 0 Å². The second-order valence-corrected chi connectivity index (χ2v) is 4.30. The first-order chi connectivity index (χ1) is 7.20. The first-order valence-electron chi connectivity index (χ1n) is 4.76. The van der Waals surface area contributed by atoms with Crippen molar-refractivity contribution < 1.29 is 5.11 Å². The summed E-state index contributed by atoms with van der Waals surface area (Å²) in [6.07, 6.45) is 1.21. The first-order valence-corrected chi connectivity index (χ1v) is 5.56. The van der Waals surface area contributed by atoms with E-state index in [2.05, 4.69) is 20.9 Å². The molecular formula is C12H12BrNO. The van der Waals surface area contributed by atoms with Crippen molar-refractivity contribution >= 4 is 15.9 Å². The molecule has 2 rings (SSSR count). The molecule has 0 saturated heterocycles. The van der Waals surface area contributed by atoms with Gasteiger partial charge in [-0.15, -0.1) is 0 Å². The average molecular weight is 266 g/mol. The maximum absolute atomic E-state index is 10.1. The molecule has 2 N–H and O–H groups in total. The van der Waals surface area contributed by atoms with Gasteiger partial charge in [0.25, 0.3) is 0 Å². The Balaban J connectivity index is 2.42. The maximum atomic E-state index is 10.1. The van der Waals surface area contributed by atoms with Crippen molar-refractivity contribution in [1.29, 1.82) is 0 Å². The highest BCUT2D eigenvalue weighted by Crippen LogP contribution is 2.29. The van der Waals surface area contributed by atoms with E-state index < -0.39 is 6.10 Å². The number of nitrogens with one attached hydrogen (secondary N) is 1. The third-order valence-electron chi connectivity index (χ3n) is 2.43. The molecule has 1 aromatic carbocycles. The highest BCUT2D eigenvalue weighted by Gasteiger charge is 2.14. The third-order valence-corrected chi connectivity index (χ3v) is 3.52. The van der Waals surface area contributed by atoms with Crippen LogP contribution in [0.4, 0.5) is 0 Å². The Labute approximate surface area is 97.1 Å². The molecule has 2 aromatic rings. The van der Waals surface area contributed by atoms with Crippen molar-refractivity contribution in [3.8, 4) is 0 Å². The van der Waals surface area contributed by atoms with Crippen molar-refractivity contribution in [2.24, 2.45) is 0 Å². The molecule has 1 atom stereocenters. The topological polar surface area (TPSA) is 36.0 Å². The molecule has 1 aromatic heterocycles. The van der Waals surface area contributed by atoms with E-state index in [0.717, 1.165) is 21.3 Å². The summed E-state index contributed by atoms with van der Waals surface area (Å²) in [4.78, 5) is 3.01. The monoisotopic (exact) mass is 265 g/mol. The molecular weight excluding hydrogens is 254 g/mol. The van der Waals surface area contributed by atoms with Gasteiger partial charge in [0.15, 0.2) is 0 Å². The lowest BCUT2D eigenvalue weighted by Crippen LogP contribution is -2.01. The van der Waals surface area contributed by atoms with E-state index in [-0.39, 0.29) is 0 Å². The molecule has 0 spiro atoms. The first kappa shape index (κ1) is 10.5. The van der Waals surface area contributed by atoms with E-state index in [1.54, 1.807) is 0 Å². The second-order valence-electron chi connectivity index (χ2n) is 3.51. The largest absolute Gasteiger partial charge is 0.382 e. The van der Waals surface area contributed by atoms with Crippen molar-refractivity contribution in [3.63, 3.8) is 0 Å². The summed E-state index contributed by atoms with van der Waals surface area (Å²) in [6, 6.07) is 9.63. The van der Waals surface area contributed by atoms with E-state index in [4.69, 9.17) is 0 Å². The van der Waals surface area contributed by atoms with Gasteiger partial charge in [-0.1, -0.05) is 34.1 Å². The van der Waals surface area contributed by atoms with Gasteiger partial charge in [-0.05, 0) is 24.6 Å². The summed E-state index contributed by atoms with van der Waals surface area (Å²) in [5, 5.41) is 10.1. The number of aromatic amines is 1. The number of rotatable bonds is 2. The summed E-state index contributed by atoms with van der Waals surface area (Å²) >= 11 is 3.49. The van der Waals surface area contributed by atoms with Crippen LogP contribution in [0.25, 0.3) is 0 Å². The van der Waals surface area contributed by atoms with E-state index in [0.29, 0.717) is 0 Å². The number of aliphatic hydroxyl groups excluding tert-OH is 1. The van der Waals surface area contributed by atoms with Gasteiger partial charge in [-0.2, -0.15) is 0 Å². The predicted octanol–water partition coefficient (Wildman–Crippen LogP) is 3.17. The molecule has 0 aliphatic rings. The zero-order chi connectivity index (χ0) is 10.8. The molecule has 0 amide bonds.